The molecule has 2 aliphatic heterocycles. The Morgan fingerprint density at radius 2 is 1.29 bits per heavy atom. The number of nitrogens with one attached hydrogen (secondary N) is 2. The van der Waals surface area contributed by atoms with Gasteiger partial charge in [0.2, 0.25) is 0 Å². The molecule has 0 spiro atoms. The van der Waals surface area contributed by atoms with E-state index in [0.717, 1.165) is 26.3 Å². The predicted molar refractivity (Wildman–Crippen MR) is 54.4 cm³/mol. The van der Waals surface area contributed by atoms with Crippen molar-refractivity contribution < 1.29 is 9.47 Å². The first-order valence-electron chi connectivity index (χ1n) is 5.45. The molecule has 0 saturated carbocycles. The van der Waals surface area contributed by atoms with Crippen molar-refractivity contribution in [3.63, 3.8) is 0 Å². The van der Waals surface area contributed by atoms with Gasteiger partial charge in [-0.1, -0.05) is 0 Å². The van der Waals surface area contributed by atoms with E-state index in [4.69, 9.17) is 9.47 Å². The highest BCUT2D eigenvalue weighted by atomic mass is 16.5. The largest absolute Gasteiger partial charge is 0.373 e. The van der Waals surface area contributed by atoms with Crippen molar-refractivity contribution in [1.29, 1.82) is 0 Å². The SMILES string of the molecule is CC1COC(C2CNC(C)CO2)CN1. The van der Waals surface area contributed by atoms with E-state index < -0.39 is 0 Å². The molecule has 2 heterocycles. The van der Waals surface area contributed by atoms with Gasteiger partial charge >= 0.3 is 0 Å². The van der Waals surface area contributed by atoms with Crippen molar-refractivity contribution in [1.82, 2.24) is 10.6 Å². The average Bonchev–Trinajstić information content (AvgIpc) is 2.21. The molecule has 0 aromatic heterocycles. The van der Waals surface area contributed by atoms with Crippen LogP contribution in [0.1, 0.15) is 13.8 Å². The smallest absolute Gasteiger partial charge is 0.0974 e. The van der Waals surface area contributed by atoms with Crippen LogP contribution in [-0.2, 0) is 9.47 Å². The van der Waals surface area contributed by atoms with Crippen LogP contribution in [0.4, 0.5) is 0 Å². The second kappa shape index (κ2) is 4.57. The summed E-state index contributed by atoms with van der Waals surface area (Å²) in [5.41, 5.74) is 0. The molecule has 2 N–H and O–H groups in total. The van der Waals surface area contributed by atoms with E-state index in [1.807, 2.05) is 0 Å². The van der Waals surface area contributed by atoms with Gasteiger partial charge in [0.1, 0.15) is 0 Å². The standard InChI is InChI=1S/C10H20N2O2/c1-7-5-13-9(3-11-7)10-4-12-8(2)6-14-10/h7-12H,3-6H2,1-2H3. The van der Waals surface area contributed by atoms with Crippen LogP contribution in [0, 0.1) is 0 Å². The Morgan fingerprint density at radius 3 is 1.57 bits per heavy atom. The quantitative estimate of drug-likeness (QED) is 0.612. The molecule has 0 amide bonds. The minimum atomic E-state index is 0.214. The highest BCUT2D eigenvalue weighted by Gasteiger charge is 2.29. The lowest BCUT2D eigenvalue weighted by atomic mass is 10.1. The summed E-state index contributed by atoms with van der Waals surface area (Å²) < 4.78 is 11.5. The summed E-state index contributed by atoms with van der Waals surface area (Å²) in [5.74, 6) is 0. The summed E-state index contributed by atoms with van der Waals surface area (Å²) in [6, 6.07) is 0.948. The molecule has 82 valence electrons. The topological polar surface area (TPSA) is 42.5 Å². The molecule has 2 saturated heterocycles. The maximum absolute atomic E-state index is 5.74. The van der Waals surface area contributed by atoms with Gasteiger partial charge < -0.3 is 20.1 Å². The molecule has 0 aromatic rings. The van der Waals surface area contributed by atoms with E-state index in [-0.39, 0.29) is 12.2 Å². The zero-order valence-electron chi connectivity index (χ0n) is 8.95. The van der Waals surface area contributed by atoms with Gasteiger partial charge in [-0.25, -0.2) is 0 Å². The monoisotopic (exact) mass is 200 g/mol. The van der Waals surface area contributed by atoms with E-state index in [0.29, 0.717) is 12.1 Å². The van der Waals surface area contributed by atoms with Crippen molar-refractivity contribution in [3.8, 4) is 0 Å². The summed E-state index contributed by atoms with van der Waals surface area (Å²) in [6.07, 6.45) is 0.428. The minimum Gasteiger partial charge on any atom is -0.373 e. The van der Waals surface area contributed by atoms with Crippen molar-refractivity contribution in [3.05, 3.63) is 0 Å². The zero-order valence-corrected chi connectivity index (χ0v) is 8.95. The summed E-state index contributed by atoms with van der Waals surface area (Å²) in [7, 11) is 0. The first-order chi connectivity index (χ1) is 6.75. The van der Waals surface area contributed by atoms with Crippen molar-refractivity contribution in [2.45, 2.75) is 38.1 Å². The number of rotatable bonds is 1. The Hall–Kier alpha value is -0.160. The molecule has 0 aromatic carbocycles. The molecular weight excluding hydrogens is 180 g/mol. The van der Waals surface area contributed by atoms with Gasteiger partial charge in [-0.2, -0.15) is 0 Å². The summed E-state index contributed by atoms with van der Waals surface area (Å²) in [6.45, 7) is 7.67. The van der Waals surface area contributed by atoms with Gasteiger partial charge in [-0.05, 0) is 13.8 Å². The van der Waals surface area contributed by atoms with Crippen LogP contribution in [0.3, 0.4) is 0 Å². The van der Waals surface area contributed by atoms with Crippen LogP contribution in [0.25, 0.3) is 0 Å². The second-order valence-corrected chi connectivity index (χ2v) is 4.36. The third kappa shape index (κ3) is 2.45. The molecule has 0 radical (unpaired) electrons. The highest BCUT2D eigenvalue weighted by Crippen LogP contribution is 2.11. The van der Waals surface area contributed by atoms with Crippen molar-refractivity contribution in [2.24, 2.45) is 0 Å². The van der Waals surface area contributed by atoms with Gasteiger partial charge in [-0.3, -0.25) is 0 Å². The van der Waals surface area contributed by atoms with Gasteiger partial charge in [0.15, 0.2) is 0 Å². The van der Waals surface area contributed by atoms with E-state index >= 15 is 0 Å². The first-order valence-corrected chi connectivity index (χ1v) is 5.45. The van der Waals surface area contributed by atoms with Crippen LogP contribution >= 0.6 is 0 Å². The van der Waals surface area contributed by atoms with E-state index in [1.165, 1.54) is 0 Å². The molecule has 4 unspecified atom stereocenters. The summed E-state index contributed by atoms with van der Waals surface area (Å²) in [4.78, 5) is 0. The molecule has 2 aliphatic rings. The second-order valence-electron chi connectivity index (χ2n) is 4.36. The Labute approximate surface area is 85.3 Å². The van der Waals surface area contributed by atoms with Gasteiger partial charge in [0.05, 0.1) is 25.4 Å². The van der Waals surface area contributed by atoms with E-state index in [9.17, 15) is 0 Å². The third-order valence-corrected chi connectivity index (χ3v) is 2.87. The molecule has 0 bridgehead atoms. The molecule has 2 fully saturated rings. The Balaban J connectivity index is 1.78. The Morgan fingerprint density at radius 1 is 0.857 bits per heavy atom. The zero-order chi connectivity index (χ0) is 9.97. The predicted octanol–water partition coefficient (Wildman–Crippen LogP) is -0.260. The van der Waals surface area contributed by atoms with Gasteiger partial charge in [0.25, 0.3) is 0 Å². The number of morpholine rings is 2. The lowest BCUT2D eigenvalue weighted by Crippen LogP contribution is -2.56. The highest BCUT2D eigenvalue weighted by molar-refractivity contribution is 4.84. The normalized spacial score (nSPS) is 45.0. The maximum Gasteiger partial charge on any atom is 0.0974 e. The Bertz CT molecular complexity index is 153. The van der Waals surface area contributed by atoms with Crippen LogP contribution in [-0.4, -0.2) is 50.6 Å². The third-order valence-electron chi connectivity index (χ3n) is 2.87. The van der Waals surface area contributed by atoms with Gasteiger partial charge in [0, 0.05) is 25.2 Å². The van der Waals surface area contributed by atoms with Crippen LogP contribution in [0.5, 0.6) is 0 Å². The van der Waals surface area contributed by atoms with E-state index in [1.54, 1.807) is 0 Å². The molecule has 4 heteroatoms. The summed E-state index contributed by atoms with van der Waals surface area (Å²) >= 11 is 0. The fraction of sp³-hybridized carbons (Fsp3) is 1.00. The molecule has 0 aliphatic carbocycles. The molecule has 4 atom stereocenters. The maximum atomic E-state index is 5.74. The number of hydrogen-bond acceptors (Lipinski definition) is 4. The van der Waals surface area contributed by atoms with Gasteiger partial charge in [-0.15, -0.1) is 0 Å². The fourth-order valence-electron chi connectivity index (χ4n) is 1.88. The fourth-order valence-corrected chi connectivity index (χ4v) is 1.88. The van der Waals surface area contributed by atoms with Crippen molar-refractivity contribution >= 4 is 0 Å². The van der Waals surface area contributed by atoms with E-state index in [2.05, 4.69) is 24.5 Å². The van der Waals surface area contributed by atoms with Crippen LogP contribution in [0.15, 0.2) is 0 Å². The lowest BCUT2D eigenvalue weighted by Gasteiger charge is -2.37. The Kier molecular flexibility index (Phi) is 3.38. The lowest BCUT2D eigenvalue weighted by molar-refractivity contribution is -0.108. The summed E-state index contributed by atoms with van der Waals surface area (Å²) in [5, 5.41) is 6.82. The minimum absolute atomic E-state index is 0.214. The van der Waals surface area contributed by atoms with Crippen molar-refractivity contribution in [2.75, 3.05) is 26.3 Å². The number of hydrogen-bond donors (Lipinski definition) is 2. The van der Waals surface area contributed by atoms with Crippen LogP contribution < -0.4 is 10.6 Å². The molecular formula is C10H20N2O2. The molecule has 2 rings (SSSR count). The first kappa shape index (κ1) is 10.4. The molecule has 14 heavy (non-hydrogen) atoms. The average molecular weight is 200 g/mol. The van der Waals surface area contributed by atoms with Crippen LogP contribution in [0.2, 0.25) is 0 Å². The number of ether oxygens (including phenoxy) is 2. The molecule has 4 nitrogen and oxygen atoms in total.